The van der Waals surface area contributed by atoms with Crippen LogP contribution in [-0.4, -0.2) is 44.4 Å². The van der Waals surface area contributed by atoms with Crippen LogP contribution in [-0.2, 0) is 0 Å². The van der Waals surface area contributed by atoms with Crippen molar-refractivity contribution < 1.29 is 5.11 Å². The first-order valence-electron chi connectivity index (χ1n) is 9.36. The topological polar surface area (TPSA) is 45.0 Å². The Morgan fingerprint density at radius 3 is 2.17 bits per heavy atom. The molecule has 4 unspecified atom stereocenters. The lowest BCUT2D eigenvalue weighted by Gasteiger charge is -2.26. The first kappa shape index (κ1) is 19.3. The van der Waals surface area contributed by atoms with E-state index in [-0.39, 0.29) is 6.10 Å². The smallest absolute Gasteiger partial charge is 0.123 e. The molecule has 4 aliphatic rings. The van der Waals surface area contributed by atoms with Gasteiger partial charge in [-0.2, -0.15) is 0 Å². The van der Waals surface area contributed by atoms with Gasteiger partial charge in [0.25, 0.3) is 0 Å². The summed E-state index contributed by atoms with van der Waals surface area (Å²) in [6.07, 6.45) is 10.2. The molecule has 0 aromatic rings. The molecule has 4 atom stereocenters. The lowest BCUT2D eigenvalue weighted by atomic mass is 9.93. The van der Waals surface area contributed by atoms with Crippen molar-refractivity contribution in [2.45, 2.75) is 95.6 Å². The summed E-state index contributed by atoms with van der Waals surface area (Å²) in [5.74, 6) is 1.09. The molecule has 3 nitrogen and oxygen atoms in total. The molecule has 132 valence electrons. The number of fused-ring (bicyclic) bond motifs is 1. The van der Waals surface area contributed by atoms with E-state index >= 15 is 0 Å². The largest absolute Gasteiger partial charge is 0.393 e. The van der Waals surface area contributed by atoms with E-state index < -0.39 is 0 Å². The Morgan fingerprint density at radius 1 is 0.957 bits per heavy atom. The van der Waals surface area contributed by atoms with Crippen molar-refractivity contribution in [3.05, 3.63) is 0 Å². The van der Waals surface area contributed by atoms with E-state index in [0.29, 0.717) is 17.3 Å². The van der Waals surface area contributed by atoms with Crippen LogP contribution in [0.2, 0.25) is 0 Å². The van der Waals surface area contributed by atoms with Crippen molar-refractivity contribution in [2.24, 2.45) is 9.98 Å². The van der Waals surface area contributed by atoms with Crippen molar-refractivity contribution in [3.63, 3.8) is 0 Å². The Kier molecular flexibility index (Phi) is 8.48. The van der Waals surface area contributed by atoms with E-state index in [1.54, 1.807) is 0 Å². The molecule has 0 aromatic heterocycles. The predicted molar refractivity (Wildman–Crippen MR) is 106 cm³/mol. The van der Waals surface area contributed by atoms with Crippen LogP contribution in [0.1, 0.15) is 72.1 Å². The maximum absolute atomic E-state index is 9.65. The Labute approximate surface area is 150 Å². The molecule has 0 radical (unpaired) electrons. The molecule has 2 aliphatic heterocycles. The van der Waals surface area contributed by atoms with Gasteiger partial charge in [-0.3, -0.25) is 9.98 Å². The van der Waals surface area contributed by atoms with Crippen LogP contribution in [0.3, 0.4) is 0 Å². The van der Waals surface area contributed by atoms with E-state index in [9.17, 15) is 5.11 Å². The third kappa shape index (κ3) is 5.79. The van der Waals surface area contributed by atoms with Crippen molar-refractivity contribution in [3.8, 4) is 0 Å². The lowest BCUT2D eigenvalue weighted by Crippen LogP contribution is -2.30. The van der Waals surface area contributed by atoms with Crippen LogP contribution >= 0.6 is 23.5 Å². The Morgan fingerprint density at radius 2 is 1.61 bits per heavy atom. The lowest BCUT2D eigenvalue weighted by molar-refractivity contribution is 0.127. The third-order valence-corrected chi connectivity index (χ3v) is 7.19. The summed E-state index contributed by atoms with van der Waals surface area (Å²) in [4.78, 5) is 9.39. The highest BCUT2D eigenvalue weighted by Crippen LogP contribution is 2.39. The van der Waals surface area contributed by atoms with Crippen molar-refractivity contribution in [2.75, 3.05) is 5.75 Å². The summed E-state index contributed by atoms with van der Waals surface area (Å²) in [5.41, 5.74) is 0. The van der Waals surface area contributed by atoms with Crippen LogP contribution in [0, 0.1) is 0 Å². The Bertz CT molecular complexity index is 414. The summed E-state index contributed by atoms with van der Waals surface area (Å²) in [6.45, 7) is 6.15. The zero-order valence-electron chi connectivity index (χ0n) is 14.8. The van der Waals surface area contributed by atoms with Gasteiger partial charge in [0.2, 0.25) is 0 Å². The van der Waals surface area contributed by atoms with Crippen LogP contribution < -0.4 is 0 Å². The number of aliphatic hydroxyl groups excluding tert-OH is 1. The molecule has 0 bridgehead atoms. The minimum atomic E-state index is -0.111. The van der Waals surface area contributed by atoms with Crippen LogP contribution in [0.25, 0.3) is 0 Å². The van der Waals surface area contributed by atoms with E-state index in [1.807, 2.05) is 37.4 Å². The van der Waals surface area contributed by atoms with Gasteiger partial charge in [0.15, 0.2) is 0 Å². The maximum Gasteiger partial charge on any atom is 0.123 e. The van der Waals surface area contributed by atoms with Gasteiger partial charge in [0.1, 0.15) is 10.1 Å². The molecule has 1 N–H and O–H groups in total. The van der Waals surface area contributed by atoms with Crippen LogP contribution in [0.4, 0.5) is 0 Å². The van der Waals surface area contributed by atoms with Gasteiger partial charge >= 0.3 is 0 Å². The summed E-state index contributed by atoms with van der Waals surface area (Å²) < 4.78 is 0. The molecule has 2 heterocycles. The number of hydrogen-bond acceptors (Lipinski definition) is 5. The van der Waals surface area contributed by atoms with Crippen molar-refractivity contribution in [1.29, 1.82) is 0 Å². The monoisotopic (exact) mass is 356 g/mol. The minimum Gasteiger partial charge on any atom is -0.393 e. The summed E-state index contributed by atoms with van der Waals surface area (Å²) in [6, 6.07) is 0.874. The molecule has 0 saturated heterocycles. The molecule has 5 heteroatoms. The highest BCUT2D eigenvalue weighted by molar-refractivity contribution is 8.25. The SMILES string of the molecule is C1CCCC1.CC.CC1CSC(C2=NC3CCC(O)CC3S2)=N1. The molecular formula is C18H32N2OS2. The number of aliphatic imine (C=N–C) groups is 2. The predicted octanol–water partition coefficient (Wildman–Crippen LogP) is 4.92. The van der Waals surface area contributed by atoms with Gasteiger partial charge in [0.05, 0.1) is 18.2 Å². The summed E-state index contributed by atoms with van der Waals surface area (Å²) in [7, 11) is 0. The molecular weight excluding hydrogens is 324 g/mol. The maximum atomic E-state index is 9.65. The minimum absolute atomic E-state index is 0.111. The second-order valence-corrected chi connectivity index (χ2v) is 8.72. The average Bonchev–Trinajstić information content (AvgIpc) is 3.30. The number of thioether (sulfide) groups is 2. The number of hydrogen-bond donors (Lipinski definition) is 1. The fourth-order valence-electron chi connectivity index (χ4n) is 3.27. The van der Waals surface area contributed by atoms with E-state index in [2.05, 4.69) is 11.9 Å². The zero-order valence-corrected chi connectivity index (χ0v) is 16.5. The zero-order chi connectivity index (χ0) is 16.7. The normalized spacial score (nSPS) is 35.3. The van der Waals surface area contributed by atoms with E-state index in [4.69, 9.17) is 4.99 Å². The van der Waals surface area contributed by atoms with Crippen LogP contribution in [0.15, 0.2) is 9.98 Å². The summed E-state index contributed by atoms with van der Waals surface area (Å²) in [5, 5.41) is 12.4. The Balaban J connectivity index is 0.000000232. The van der Waals surface area contributed by atoms with Gasteiger partial charge in [0, 0.05) is 11.0 Å². The van der Waals surface area contributed by atoms with Gasteiger partial charge < -0.3 is 5.11 Å². The fourth-order valence-corrected chi connectivity index (χ4v) is 5.81. The molecule has 0 amide bonds. The summed E-state index contributed by atoms with van der Waals surface area (Å²) >= 11 is 3.67. The number of nitrogens with zero attached hydrogens (tertiary/aromatic N) is 2. The Hall–Kier alpha value is -0.0000000000000000833. The van der Waals surface area contributed by atoms with E-state index in [1.165, 1.54) is 32.1 Å². The highest BCUT2D eigenvalue weighted by Gasteiger charge is 2.37. The fraction of sp³-hybridized carbons (Fsp3) is 0.889. The molecule has 2 aliphatic carbocycles. The van der Waals surface area contributed by atoms with Crippen LogP contribution in [0.5, 0.6) is 0 Å². The molecule has 0 spiro atoms. The van der Waals surface area contributed by atoms with E-state index in [0.717, 1.165) is 35.1 Å². The van der Waals surface area contributed by atoms with Gasteiger partial charge in [-0.25, -0.2) is 0 Å². The second kappa shape index (κ2) is 10.1. The molecule has 2 saturated carbocycles. The highest BCUT2D eigenvalue weighted by atomic mass is 32.2. The third-order valence-electron chi connectivity index (χ3n) is 4.51. The van der Waals surface area contributed by atoms with Gasteiger partial charge in [-0.1, -0.05) is 57.7 Å². The second-order valence-electron chi connectivity index (χ2n) is 6.49. The molecule has 0 aromatic carbocycles. The molecule has 23 heavy (non-hydrogen) atoms. The quantitative estimate of drug-likeness (QED) is 0.725. The molecule has 4 rings (SSSR count). The first-order valence-corrected chi connectivity index (χ1v) is 11.2. The van der Waals surface area contributed by atoms with Gasteiger partial charge in [-0.15, -0.1) is 11.8 Å². The first-order chi connectivity index (χ1) is 11.2. The number of aliphatic hydroxyl groups is 1. The molecule has 2 fully saturated rings. The van der Waals surface area contributed by atoms with Crippen molar-refractivity contribution in [1.82, 2.24) is 0 Å². The van der Waals surface area contributed by atoms with Crippen molar-refractivity contribution >= 4 is 33.6 Å². The average molecular weight is 357 g/mol. The number of rotatable bonds is 1. The van der Waals surface area contributed by atoms with Gasteiger partial charge in [-0.05, 0) is 26.2 Å². The standard InChI is InChI=1S/C11H16N2OS2.C5H10.C2H6/c1-6-5-15-10(12-6)11-13-8-3-2-7(14)4-9(8)16-11;1-2-4-5-3-1;1-2/h6-9,14H,2-5H2,1H3;1-5H2;1-2H3.